The van der Waals surface area contributed by atoms with Crippen LogP contribution < -0.4 is 0 Å². The van der Waals surface area contributed by atoms with Gasteiger partial charge in [-0.1, -0.05) is 40.5 Å². The molecule has 2 unspecified atom stereocenters. The topological polar surface area (TPSA) is 21.7 Å². The van der Waals surface area contributed by atoms with Crippen LogP contribution in [0, 0.1) is 0 Å². The Morgan fingerprint density at radius 1 is 0.800 bits per heavy atom. The summed E-state index contributed by atoms with van der Waals surface area (Å²) in [7, 11) is 2.19. The second kappa shape index (κ2) is 8.35. The lowest BCUT2D eigenvalue weighted by Crippen LogP contribution is -2.54. The van der Waals surface area contributed by atoms with Gasteiger partial charge in [-0.15, -0.1) is 0 Å². The molecular formula is C17H35NO2. The van der Waals surface area contributed by atoms with Gasteiger partial charge in [0.05, 0.1) is 0 Å². The van der Waals surface area contributed by atoms with Gasteiger partial charge in [-0.2, -0.15) is 0 Å². The predicted molar refractivity (Wildman–Crippen MR) is 84.8 cm³/mol. The van der Waals surface area contributed by atoms with Crippen LogP contribution in [0.5, 0.6) is 0 Å². The van der Waals surface area contributed by atoms with Crippen LogP contribution in [0.4, 0.5) is 0 Å². The van der Waals surface area contributed by atoms with Gasteiger partial charge in [0.25, 0.3) is 0 Å². The zero-order valence-electron chi connectivity index (χ0n) is 14.3. The first-order chi connectivity index (χ1) is 9.60. The molecule has 0 amide bonds. The fourth-order valence-corrected chi connectivity index (χ4v) is 3.28. The number of hydrogen-bond donors (Lipinski definition) is 0. The van der Waals surface area contributed by atoms with Crippen LogP contribution in [0.1, 0.15) is 79.1 Å². The van der Waals surface area contributed by atoms with E-state index in [0.717, 1.165) is 51.7 Å². The van der Waals surface area contributed by atoms with Gasteiger partial charge in [-0.3, -0.25) is 4.90 Å². The first kappa shape index (κ1) is 17.9. The van der Waals surface area contributed by atoms with E-state index in [9.17, 15) is 0 Å². The van der Waals surface area contributed by atoms with Gasteiger partial charge in [-0.25, -0.2) is 0 Å². The molecule has 0 aromatic carbocycles. The number of ether oxygens (including phenoxy) is 2. The summed E-state index contributed by atoms with van der Waals surface area (Å²) in [5.41, 5.74) is -0.227. The van der Waals surface area contributed by atoms with E-state index in [-0.39, 0.29) is 11.4 Å². The van der Waals surface area contributed by atoms with Crippen molar-refractivity contribution in [3.8, 4) is 0 Å². The van der Waals surface area contributed by atoms with Crippen LogP contribution in [0.25, 0.3) is 0 Å². The van der Waals surface area contributed by atoms with Gasteiger partial charge in [0, 0.05) is 13.2 Å². The van der Waals surface area contributed by atoms with E-state index in [2.05, 4.69) is 39.6 Å². The highest BCUT2D eigenvalue weighted by Crippen LogP contribution is 2.45. The monoisotopic (exact) mass is 285 g/mol. The van der Waals surface area contributed by atoms with Crippen LogP contribution in [0.3, 0.4) is 0 Å². The molecule has 120 valence electrons. The summed E-state index contributed by atoms with van der Waals surface area (Å²) in [6.45, 7) is 10.6. The van der Waals surface area contributed by atoms with E-state index in [4.69, 9.17) is 9.47 Å². The number of hydrogen-bond acceptors (Lipinski definition) is 3. The van der Waals surface area contributed by atoms with Crippen LogP contribution in [-0.4, -0.2) is 36.6 Å². The molecule has 0 aromatic heterocycles. The summed E-state index contributed by atoms with van der Waals surface area (Å²) in [6, 6.07) is 0. The van der Waals surface area contributed by atoms with Crippen LogP contribution in [0.2, 0.25) is 0 Å². The highest BCUT2D eigenvalue weighted by molar-refractivity contribution is 4.97. The van der Waals surface area contributed by atoms with Crippen molar-refractivity contribution in [3.05, 3.63) is 0 Å². The van der Waals surface area contributed by atoms with Gasteiger partial charge in [0.15, 0.2) is 0 Å². The van der Waals surface area contributed by atoms with E-state index in [1.54, 1.807) is 0 Å². The van der Waals surface area contributed by atoms with Crippen LogP contribution >= 0.6 is 0 Å². The summed E-state index contributed by atoms with van der Waals surface area (Å²) in [5.74, 6) is 0. The number of nitrogens with zero attached hydrogens (tertiary/aromatic N) is 1. The summed E-state index contributed by atoms with van der Waals surface area (Å²) < 4.78 is 12.6. The predicted octanol–water partition coefficient (Wildman–Crippen LogP) is 4.56. The largest absolute Gasteiger partial charge is 0.360 e. The van der Waals surface area contributed by atoms with Crippen LogP contribution in [0.15, 0.2) is 0 Å². The first-order valence-electron chi connectivity index (χ1n) is 8.62. The molecule has 2 atom stereocenters. The fraction of sp³-hybridized carbons (Fsp3) is 1.00. The van der Waals surface area contributed by atoms with Crippen molar-refractivity contribution in [1.29, 1.82) is 0 Å². The maximum absolute atomic E-state index is 6.30. The molecule has 1 rings (SSSR count). The van der Waals surface area contributed by atoms with Crippen LogP contribution in [-0.2, 0) is 9.47 Å². The molecule has 0 bridgehead atoms. The average Bonchev–Trinajstić information content (AvgIpc) is 2.75. The number of rotatable bonds is 10. The molecule has 1 saturated heterocycles. The minimum atomic E-state index is -0.114. The SMILES string of the molecule is CCCCOC1(CC)CCC(CC)(OCCCC)N1C. The van der Waals surface area contributed by atoms with E-state index >= 15 is 0 Å². The van der Waals surface area contributed by atoms with E-state index in [0.29, 0.717) is 0 Å². The lowest BCUT2D eigenvalue weighted by atomic mass is 10.1. The smallest absolute Gasteiger partial charge is 0.123 e. The Morgan fingerprint density at radius 2 is 1.20 bits per heavy atom. The molecule has 3 heteroatoms. The second-order valence-corrected chi connectivity index (χ2v) is 6.06. The summed E-state index contributed by atoms with van der Waals surface area (Å²) in [5, 5.41) is 0. The third-order valence-corrected chi connectivity index (χ3v) is 4.97. The van der Waals surface area contributed by atoms with Crippen molar-refractivity contribution in [2.45, 2.75) is 90.5 Å². The third-order valence-electron chi connectivity index (χ3n) is 4.97. The molecule has 0 saturated carbocycles. The standard InChI is InChI=1S/C17H35NO2/c1-6-10-14-19-16(8-3)12-13-17(9-4,18(16)5)20-15-11-7-2/h6-15H2,1-5H3. The highest BCUT2D eigenvalue weighted by atomic mass is 16.6. The number of likely N-dealkylation sites (tertiary alicyclic amines) is 1. The molecule has 3 nitrogen and oxygen atoms in total. The Hall–Kier alpha value is -0.120. The molecule has 1 aliphatic rings. The third kappa shape index (κ3) is 3.75. The summed E-state index contributed by atoms with van der Waals surface area (Å²) in [4.78, 5) is 2.39. The van der Waals surface area contributed by atoms with Gasteiger partial charge in [-0.05, 0) is 45.6 Å². The Labute approximate surface area is 126 Å². The quantitative estimate of drug-likeness (QED) is 0.549. The van der Waals surface area contributed by atoms with E-state index < -0.39 is 0 Å². The molecule has 1 aliphatic heterocycles. The Bertz CT molecular complexity index is 246. The highest BCUT2D eigenvalue weighted by Gasteiger charge is 2.52. The van der Waals surface area contributed by atoms with E-state index in [1.807, 2.05) is 0 Å². The Balaban J connectivity index is 2.71. The lowest BCUT2D eigenvalue weighted by molar-refractivity contribution is -0.219. The molecule has 0 radical (unpaired) electrons. The maximum atomic E-state index is 6.30. The van der Waals surface area contributed by atoms with Gasteiger partial charge >= 0.3 is 0 Å². The Morgan fingerprint density at radius 3 is 1.50 bits per heavy atom. The van der Waals surface area contributed by atoms with Crippen molar-refractivity contribution in [2.75, 3.05) is 20.3 Å². The molecule has 1 fully saturated rings. The molecule has 20 heavy (non-hydrogen) atoms. The van der Waals surface area contributed by atoms with E-state index in [1.165, 1.54) is 12.8 Å². The van der Waals surface area contributed by atoms with Crippen molar-refractivity contribution in [1.82, 2.24) is 4.90 Å². The zero-order valence-corrected chi connectivity index (χ0v) is 14.3. The van der Waals surface area contributed by atoms with Crippen molar-refractivity contribution >= 4 is 0 Å². The maximum Gasteiger partial charge on any atom is 0.123 e. The van der Waals surface area contributed by atoms with Gasteiger partial charge < -0.3 is 9.47 Å². The van der Waals surface area contributed by atoms with Crippen molar-refractivity contribution in [2.24, 2.45) is 0 Å². The normalized spacial score (nSPS) is 31.1. The van der Waals surface area contributed by atoms with Gasteiger partial charge in [0.1, 0.15) is 11.4 Å². The van der Waals surface area contributed by atoms with Crippen molar-refractivity contribution in [3.63, 3.8) is 0 Å². The first-order valence-corrected chi connectivity index (χ1v) is 8.62. The average molecular weight is 285 g/mol. The van der Waals surface area contributed by atoms with Gasteiger partial charge in [0.2, 0.25) is 0 Å². The molecule has 0 aromatic rings. The summed E-state index contributed by atoms with van der Waals surface area (Å²) in [6.07, 6.45) is 8.91. The number of unbranched alkanes of at least 4 members (excludes halogenated alkanes) is 2. The molecule has 0 N–H and O–H groups in total. The second-order valence-electron chi connectivity index (χ2n) is 6.06. The lowest BCUT2D eigenvalue weighted by Gasteiger charge is -2.43. The minimum Gasteiger partial charge on any atom is -0.360 e. The minimum absolute atomic E-state index is 0.114. The fourth-order valence-electron chi connectivity index (χ4n) is 3.28. The van der Waals surface area contributed by atoms with Crippen molar-refractivity contribution < 1.29 is 9.47 Å². The molecular weight excluding hydrogens is 250 g/mol. The molecule has 1 heterocycles. The molecule has 0 aliphatic carbocycles. The summed E-state index contributed by atoms with van der Waals surface area (Å²) >= 11 is 0. The molecule has 0 spiro atoms. The Kier molecular flexibility index (Phi) is 7.49. The zero-order chi connectivity index (χ0) is 15.1.